The fraction of sp³-hybridized carbons (Fsp3) is 0.316. The van der Waals surface area contributed by atoms with Crippen LogP contribution in [-0.4, -0.2) is 26.5 Å². The first kappa shape index (κ1) is 16.1. The van der Waals surface area contributed by atoms with E-state index in [0.29, 0.717) is 6.54 Å². The molecule has 3 heteroatoms. The Labute approximate surface area is 133 Å². The van der Waals surface area contributed by atoms with Gasteiger partial charge in [0.2, 0.25) is 0 Å². The van der Waals surface area contributed by atoms with Gasteiger partial charge in [0.05, 0.1) is 0 Å². The molecular weight excluding hydrogens is 272 g/mol. The smallest absolute Gasteiger partial charge is 0.251 e. The van der Waals surface area contributed by atoms with Crippen LogP contribution in [0.4, 0.5) is 5.69 Å². The summed E-state index contributed by atoms with van der Waals surface area (Å²) in [5, 5.41) is 2.97. The molecule has 22 heavy (non-hydrogen) atoms. The van der Waals surface area contributed by atoms with Crippen LogP contribution >= 0.6 is 0 Å². The summed E-state index contributed by atoms with van der Waals surface area (Å²) in [6, 6.07) is 16.2. The molecule has 0 radical (unpaired) electrons. The van der Waals surface area contributed by atoms with E-state index in [9.17, 15) is 4.79 Å². The quantitative estimate of drug-likeness (QED) is 0.887. The first-order valence-corrected chi connectivity index (χ1v) is 7.73. The van der Waals surface area contributed by atoms with Gasteiger partial charge in [0.25, 0.3) is 5.91 Å². The van der Waals surface area contributed by atoms with E-state index in [1.54, 1.807) is 0 Å². The number of aryl methyl sites for hydroxylation is 1. The molecule has 116 valence electrons. The number of anilines is 1. The third-order valence-corrected chi connectivity index (χ3v) is 3.78. The van der Waals surface area contributed by atoms with E-state index in [1.807, 2.05) is 38.4 Å². The molecule has 0 aromatic heterocycles. The molecule has 0 aliphatic heterocycles. The minimum Gasteiger partial charge on any atom is -0.378 e. The van der Waals surface area contributed by atoms with Crippen LogP contribution in [0.2, 0.25) is 0 Å². The molecule has 2 rings (SSSR count). The Morgan fingerprint density at radius 2 is 1.55 bits per heavy atom. The van der Waals surface area contributed by atoms with Crippen LogP contribution in [0.15, 0.2) is 48.5 Å². The van der Waals surface area contributed by atoms with E-state index in [2.05, 4.69) is 41.4 Å². The van der Waals surface area contributed by atoms with Crippen LogP contribution in [0.25, 0.3) is 0 Å². The first-order valence-electron chi connectivity index (χ1n) is 7.73. The standard InChI is InChI=1S/C19H24N2O/c1-4-15-5-9-17(10-6-15)19(22)20-14-13-16-7-11-18(12-8-16)21(2)3/h5-12H,4,13-14H2,1-3H3,(H,20,22). The van der Waals surface area contributed by atoms with Gasteiger partial charge >= 0.3 is 0 Å². The van der Waals surface area contributed by atoms with Crippen molar-refractivity contribution >= 4 is 11.6 Å². The zero-order valence-electron chi connectivity index (χ0n) is 13.6. The topological polar surface area (TPSA) is 32.3 Å². The zero-order chi connectivity index (χ0) is 15.9. The van der Waals surface area contributed by atoms with Crippen LogP contribution in [0.3, 0.4) is 0 Å². The highest BCUT2D eigenvalue weighted by atomic mass is 16.1. The normalized spacial score (nSPS) is 10.3. The largest absolute Gasteiger partial charge is 0.378 e. The highest BCUT2D eigenvalue weighted by molar-refractivity contribution is 5.94. The summed E-state index contributed by atoms with van der Waals surface area (Å²) in [5.41, 5.74) is 4.38. The van der Waals surface area contributed by atoms with Crippen molar-refractivity contribution in [3.63, 3.8) is 0 Å². The minimum atomic E-state index is -0.00688. The number of carbonyl (C=O) groups excluding carboxylic acids is 1. The lowest BCUT2D eigenvalue weighted by Gasteiger charge is -2.12. The lowest BCUT2D eigenvalue weighted by molar-refractivity contribution is 0.0954. The average molecular weight is 296 g/mol. The van der Waals surface area contributed by atoms with Gasteiger partial charge in [-0.1, -0.05) is 31.2 Å². The Morgan fingerprint density at radius 1 is 0.955 bits per heavy atom. The van der Waals surface area contributed by atoms with E-state index >= 15 is 0 Å². The van der Waals surface area contributed by atoms with Crippen LogP contribution < -0.4 is 10.2 Å². The molecule has 0 aliphatic rings. The van der Waals surface area contributed by atoms with Crippen LogP contribution in [0.1, 0.15) is 28.4 Å². The minimum absolute atomic E-state index is 0.00688. The molecule has 0 atom stereocenters. The molecule has 0 saturated heterocycles. The fourth-order valence-corrected chi connectivity index (χ4v) is 2.28. The Kier molecular flexibility index (Phi) is 5.59. The Hall–Kier alpha value is -2.29. The summed E-state index contributed by atoms with van der Waals surface area (Å²) in [5.74, 6) is -0.00688. The van der Waals surface area contributed by atoms with Gasteiger partial charge in [-0.15, -0.1) is 0 Å². The van der Waals surface area contributed by atoms with Crippen molar-refractivity contribution in [1.29, 1.82) is 0 Å². The predicted molar refractivity (Wildman–Crippen MR) is 92.6 cm³/mol. The summed E-state index contributed by atoms with van der Waals surface area (Å²) in [4.78, 5) is 14.1. The molecule has 0 saturated carbocycles. The summed E-state index contributed by atoms with van der Waals surface area (Å²) in [6.45, 7) is 2.76. The molecule has 0 fully saturated rings. The van der Waals surface area contributed by atoms with Gasteiger partial charge in [0.15, 0.2) is 0 Å². The maximum atomic E-state index is 12.1. The van der Waals surface area contributed by atoms with Gasteiger partial charge in [-0.05, 0) is 48.2 Å². The molecule has 2 aromatic carbocycles. The number of amides is 1. The lowest BCUT2D eigenvalue weighted by atomic mass is 10.1. The van der Waals surface area contributed by atoms with Crippen LogP contribution in [0.5, 0.6) is 0 Å². The molecule has 0 aliphatic carbocycles. The zero-order valence-corrected chi connectivity index (χ0v) is 13.6. The SMILES string of the molecule is CCc1ccc(C(=O)NCCc2ccc(N(C)C)cc2)cc1. The van der Waals surface area contributed by atoms with Crippen molar-refractivity contribution in [2.24, 2.45) is 0 Å². The maximum absolute atomic E-state index is 12.1. The summed E-state index contributed by atoms with van der Waals surface area (Å²) < 4.78 is 0. The molecule has 2 aromatic rings. The summed E-state index contributed by atoms with van der Waals surface area (Å²) >= 11 is 0. The van der Waals surface area contributed by atoms with Gasteiger partial charge in [0, 0.05) is 31.9 Å². The van der Waals surface area contributed by atoms with Crippen molar-refractivity contribution in [2.45, 2.75) is 19.8 Å². The Morgan fingerprint density at radius 3 is 2.09 bits per heavy atom. The number of hydrogen-bond acceptors (Lipinski definition) is 2. The van der Waals surface area contributed by atoms with Crippen molar-refractivity contribution < 1.29 is 4.79 Å². The van der Waals surface area contributed by atoms with E-state index in [1.165, 1.54) is 16.8 Å². The second-order valence-corrected chi connectivity index (χ2v) is 5.62. The molecule has 0 bridgehead atoms. The highest BCUT2D eigenvalue weighted by Crippen LogP contribution is 2.12. The monoisotopic (exact) mass is 296 g/mol. The van der Waals surface area contributed by atoms with Gasteiger partial charge in [-0.25, -0.2) is 0 Å². The number of benzene rings is 2. The fourth-order valence-electron chi connectivity index (χ4n) is 2.28. The second kappa shape index (κ2) is 7.64. The van der Waals surface area contributed by atoms with Gasteiger partial charge in [-0.2, -0.15) is 0 Å². The highest BCUT2D eigenvalue weighted by Gasteiger charge is 2.04. The average Bonchev–Trinajstić information content (AvgIpc) is 2.55. The van der Waals surface area contributed by atoms with Crippen molar-refractivity contribution in [3.05, 3.63) is 65.2 Å². The Bertz CT molecular complexity index is 600. The van der Waals surface area contributed by atoms with Gasteiger partial charge < -0.3 is 10.2 Å². The summed E-state index contributed by atoms with van der Waals surface area (Å²) in [6.07, 6.45) is 1.83. The molecule has 1 N–H and O–H groups in total. The molecule has 0 spiro atoms. The summed E-state index contributed by atoms with van der Waals surface area (Å²) in [7, 11) is 4.05. The number of carbonyl (C=O) groups is 1. The third kappa shape index (κ3) is 4.35. The third-order valence-electron chi connectivity index (χ3n) is 3.78. The van der Waals surface area contributed by atoms with Crippen molar-refractivity contribution in [1.82, 2.24) is 5.32 Å². The van der Waals surface area contributed by atoms with Crippen molar-refractivity contribution in [2.75, 3.05) is 25.5 Å². The molecule has 0 unspecified atom stereocenters. The van der Waals surface area contributed by atoms with E-state index in [-0.39, 0.29) is 5.91 Å². The molecule has 1 amide bonds. The molecule has 3 nitrogen and oxygen atoms in total. The molecule has 0 heterocycles. The van der Waals surface area contributed by atoms with E-state index in [4.69, 9.17) is 0 Å². The molecular formula is C19H24N2O. The first-order chi connectivity index (χ1) is 10.6. The van der Waals surface area contributed by atoms with E-state index in [0.717, 1.165) is 18.4 Å². The number of rotatable bonds is 6. The maximum Gasteiger partial charge on any atom is 0.251 e. The number of nitrogens with one attached hydrogen (secondary N) is 1. The van der Waals surface area contributed by atoms with Gasteiger partial charge in [-0.3, -0.25) is 4.79 Å². The number of hydrogen-bond donors (Lipinski definition) is 1. The predicted octanol–water partition coefficient (Wildman–Crippen LogP) is 3.29. The second-order valence-electron chi connectivity index (χ2n) is 5.62. The van der Waals surface area contributed by atoms with Gasteiger partial charge in [0.1, 0.15) is 0 Å². The lowest BCUT2D eigenvalue weighted by Crippen LogP contribution is -2.25. The number of nitrogens with zero attached hydrogens (tertiary/aromatic N) is 1. The van der Waals surface area contributed by atoms with Crippen LogP contribution in [0, 0.1) is 0 Å². The van der Waals surface area contributed by atoms with Crippen molar-refractivity contribution in [3.8, 4) is 0 Å². The van der Waals surface area contributed by atoms with E-state index < -0.39 is 0 Å². The van der Waals surface area contributed by atoms with Crippen LogP contribution in [-0.2, 0) is 12.8 Å². The Balaban J connectivity index is 1.83.